The van der Waals surface area contributed by atoms with E-state index in [-0.39, 0.29) is 12.5 Å². The minimum absolute atomic E-state index is 0.111. The fourth-order valence-corrected chi connectivity index (χ4v) is 2.69. The smallest absolute Gasteiger partial charge is 0.315 e. The maximum atomic E-state index is 11.7. The fourth-order valence-electron chi connectivity index (χ4n) is 1.77. The van der Waals surface area contributed by atoms with Crippen molar-refractivity contribution in [2.45, 2.75) is 45.7 Å². The summed E-state index contributed by atoms with van der Waals surface area (Å²) in [6, 6.07) is 1.70. The van der Waals surface area contributed by atoms with E-state index >= 15 is 0 Å². The van der Waals surface area contributed by atoms with Gasteiger partial charge in [-0.2, -0.15) is 0 Å². The Bertz CT molecular complexity index is 454. The van der Waals surface area contributed by atoms with E-state index in [1.807, 2.05) is 11.4 Å². The largest absolute Gasteiger partial charge is 0.481 e. The van der Waals surface area contributed by atoms with Crippen LogP contribution < -0.4 is 10.6 Å². The van der Waals surface area contributed by atoms with Gasteiger partial charge in [0.1, 0.15) is 0 Å². The van der Waals surface area contributed by atoms with Gasteiger partial charge in [0, 0.05) is 10.4 Å². The van der Waals surface area contributed by atoms with E-state index < -0.39 is 11.5 Å². The van der Waals surface area contributed by atoms with E-state index in [0.717, 1.165) is 11.3 Å². The lowest BCUT2D eigenvalue weighted by atomic mass is 10.0. The highest BCUT2D eigenvalue weighted by atomic mass is 32.1. The van der Waals surface area contributed by atoms with Crippen LogP contribution in [0, 0.1) is 0 Å². The Morgan fingerprint density at radius 1 is 1.42 bits per heavy atom. The number of hydrogen-bond donors (Lipinski definition) is 3. The normalized spacial score (nSPS) is 11.1. The first-order valence-electron chi connectivity index (χ1n) is 6.17. The third-order valence-electron chi connectivity index (χ3n) is 2.67. The molecule has 0 saturated carbocycles. The van der Waals surface area contributed by atoms with Crippen molar-refractivity contribution >= 4 is 23.3 Å². The van der Waals surface area contributed by atoms with E-state index in [0.29, 0.717) is 6.54 Å². The van der Waals surface area contributed by atoms with Crippen LogP contribution in [0.2, 0.25) is 0 Å². The van der Waals surface area contributed by atoms with Crippen LogP contribution in [0.3, 0.4) is 0 Å². The molecule has 0 unspecified atom stereocenters. The molecule has 1 heterocycles. The van der Waals surface area contributed by atoms with Gasteiger partial charge in [-0.3, -0.25) is 4.79 Å². The van der Waals surface area contributed by atoms with E-state index in [1.165, 1.54) is 5.56 Å². The van der Waals surface area contributed by atoms with Gasteiger partial charge in [-0.1, -0.05) is 6.92 Å². The predicted molar refractivity (Wildman–Crippen MR) is 75.4 cm³/mol. The van der Waals surface area contributed by atoms with Gasteiger partial charge in [-0.05, 0) is 37.3 Å². The summed E-state index contributed by atoms with van der Waals surface area (Å²) in [7, 11) is 0. The number of aliphatic carboxylic acids is 1. The third-order valence-corrected chi connectivity index (χ3v) is 3.64. The number of carbonyl (C=O) groups excluding carboxylic acids is 1. The van der Waals surface area contributed by atoms with Gasteiger partial charge in [-0.25, -0.2) is 4.79 Å². The second-order valence-electron chi connectivity index (χ2n) is 4.98. The lowest BCUT2D eigenvalue weighted by molar-refractivity contribution is -0.138. The standard InChI is InChI=1S/C13H20N2O3S/c1-4-9-5-6-19-10(9)8-14-12(18)15-13(2,3)7-11(16)17/h5-6H,4,7-8H2,1-3H3,(H,16,17)(H2,14,15,18). The molecule has 0 radical (unpaired) electrons. The summed E-state index contributed by atoms with van der Waals surface area (Å²) in [6.07, 6.45) is 0.826. The average Bonchev–Trinajstić information content (AvgIpc) is 2.70. The Labute approximate surface area is 117 Å². The Kier molecular flexibility index (Phi) is 5.35. The van der Waals surface area contributed by atoms with E-state index in [2.05, 4.69) is 17.6 Å². The second-order valence-corrected chi connectivity index (χ2v) is 5.99. The molecular weight excluding hydrogens is 264 g/mol. The summed E-state index contributed by atoms with van der Waals surface area (Å²) in [6.45, 7) is 5.91. The van der Waals surface area contributed by atoms with Crippen LogP contribution in [0.15, 0.2) is 11.4 Å². The lowest BCUT2D eigenvalue weighted by Crippen LogP contribution is -2.49. The summed E-state index contributed by atoms with van der Waals surface area (Å²) in [4.78, 5) is 23.5. The number of aryl methyl sites for hydroxylation is 1. The van der Waals surface area contributed by atoms with Gasteiger partial charge in [0.15, 0.2) is 0 Å². The van der Waals surface area contributed by atoms with Crippen LogP contribution in [0.1, 0.15) is 37.6 Å². The second kappa shape index (κ2) is 6.56. The van der Waals surface area contributed by atoms with Crippen molar-refractivity contribution in [2.24, 2.45) is 0 Å². The Hall–Kier alpha value is -1.56. The molecule has 0 bridgehead atoms. The number of carbonyl (C=O) groups is 2. The number of carboxylic acid groups (broad SMARTS) is 1. The van der Waals surface area contributed by atoms with Crippen LogP contribution >= 0.6 is 11.3 Å². The van der Waals surface area contributed by atoms with Gasteiger partial charge in [0.05, 0.1) is 13.0 Å². The minimum Gasteiger partial charge on any atom is -0.481 e. The summed E-state index contributed by atoms with van der Waals surface area (Å²) in [5, 5.41) is 16.2. The molecule has 0 aromatic carbocycles. The van der Waals surface area contributed by atoms with Gasteiger partial charge in [-0.15, -0.1) is 11.3 Å². The number of rotatable bonds is 6. The molecule has 6 heteroatoms. The molecule has 1 aromatic heterocycles. The summed E-state index contributed by atoms with van der Waals surface area (Å²) in [5.74, 6) is -0.933. The molecule has 0 spiro atoms. The van der Waals surface area contributed by atoms with Crippen molar-refractivity contribution in [3.05, 3.63) is 21.9 Å². The van der Waals surface area contributed by atoms with E-state index in [4.69, 9.17) is 5.11 Å². The first kappa shape index (κ1) is 15.5. The number of amides is 2. The van der Waals surface area contributed by atoms with Crippen LogP contribution in [0.25, 0.3) is 0 Å². The monoisotopic (exact) mass is 284 g/mol. The fraction of sp³-hybridized carbons (Fsp3) is 0.538. The molecule has 0 aliphatic heterocycles. The Morgan fingerprint density at radius 3 is 2.68 bits per heavy atom. The summed E-state index contributed by atoms with van der Waals surface area (Å²) >= 11 is 1.61. The van der Waals surface area contributed by atoms with Crippen LogP contribution in [0.4, 0.5) is 4.79 Å². The lowest BCUT2D eigenvalue weighted by Gasteiger charge is -2.24. The van der Waals surface area contributed by atoms with E-state index in [1.54, 1.807) is 25.2 Å². The first-order valence-corrected chi connectivity index (χ1v) is 7.05. The summed E-state index contributed by atoms with van der Waals surface area (Å²) in [5.41, 5.74) is 0.467. The molecule has 0 aliphatic carbocycles. The molecule has 0 aliphatic rings. The number of thiophene rings is 1. The highest BCUT2D eigenvalue weighted by Gasteiger charge is 2.23. The predicted octanol–water partition coefficient (Wildman–Crippen LogP) is 2.36. The highest BCUT2D eigenvalue weighted by Crippen LogP contribution is 2.17. The summed E-state index contributed by atoms with van der Waals surface area (Å²) < 4.78 is 0. The van der Waals surface area contributed by atoms with Crippen LogP contribution in [-0.4, -0.2) is 22.6 Å². The maximum Gasteiger partial charge on any atom is 0.315 e. The quantitative estimate of drug-likeness (QED) is 0.750. The molecule has 1 aromatic rings. The molecule has 2 amide bonds. The SMILES string of the molecule is CCc1ccsc1CNC(=O)NC(C)(C)CC(=O)O. The number of nitrogens with one attached hydrogen (secondary N) is 2. The zero-order valence-corrected chi connectivity index (χ0v) is 12.3. The molecular formula is C13H20N2O3S. The molecule has 0 saturated heterocycles. The highest BCUT2D eigenvalue weighted by molar-refractivity contribution is 7.10. The van der Waals surface area contributed by atoms with E-state index in [9.17, 15) is 9.59 Å². The number of urea groups is 1. The third kappa shape index (κ3) is 5.30. The molecule has 0 fully saturated rings. The maximum absolute atomic E-state index is 11.7. The van der Waals surface area contributed by atoms with Crippen molar-refractivity contribution in [2.75, 3.05) is 0 Å². The zero-order valence-electron chi connectivity index (χ0n) is 11.4. The topological polar surface area (TPSA) is 78.4 Å². The molecule has 1 rings (SSSR count). The van der Waals surface area contributed by atoms with Gasteiger partial charge < -0.3 is 15.7 Å². The van der Waals surface area contributed by atoms with Crippen molar-refractivity contribution < 1.29 is 14.7 Å². The zero-order chi connectivity index (χ0) is 14.5. The van der Waals surface area contributed by atoms with Crippen molar-refractivity contribution in [3.8, 4) is 0 Å². The number of carboxylic acids is 1. The first-order chi connectivity index (χ1) is 8.84. The van der Waals surface area contributed by atoms with Crippen molar-refractivity contribution in [1.29, 1.82) is 0 Å². The van der Waals surface area contributed by atoms with Crippen LogP contribution in [-0.2, 0) is 17.8 Å². The molecule has 19 heavy (non-hydrogen) atoms. The van der Waals surface area contributed by atoms with Crippen LogP contribution in [0.5, 0.6) is 0 Å². The van der Waals surface area contributed by atoms with Gasteiger partial charge >= 0.3 is 12.0 Å². The van der Waals surface area contributed by atoms with Gasteiger partial charge in [0.25, 0.3) is 0 Å². The molecule has 0 atom stereocenters. The average molecular weight is 284 g/mol. The van der Waals surface area contributed by atoms with Crippen molar-refractivity contribution in [3.63, 3.8) is 0 Å². The minimum atomic E-state index is -0.933. The Balaban J connectivity index is 2.46. The van der Waals surface area contributed by atoms with Gasteiger partial charge in [0.2, 0.25) is 0 Å². The van der Waals surface area contributed by atoms with Crippen molar-refractivity contribution in [1.82, 2.24) is 10.6 Å². The molecule has 5 nitrogen and oxygen atoms in total. The Morgan fingerprint density at radius 2 is 2.11 bits per heavy atom. The number of hydrogen-bond acceptors (Lipinski definition) is 3. The molecule has 106 valence electrons. The molecule has 3 N–H and O–H groups in total.